The molecule has 0 radical (unpaired) electrons. The van der Waals surface area contributed by atoms with Crippen LogP contribution < -0.4 is 16.6 Å². The molecule has 1 fully saturated rings. The predicted molar refractivity (Wildman–Crippen MR) is 52.6 cm³/mol. The van der Waals surface area contributed by atoms with Gasteiger partial charge in [0.15, 0.2) is 0 Å². The van der Waals surface area contributed by atoms with Crippen molar-refractivity contribution in [1.82, 2.24) is 10.7 Å². The molecule has 0 aliphatic heterocycles. The molecule has 0 aromatic carbocycles. The Morgan fingerprint density at radius 3 is 2.80 bits per heavy atom. The van der Waals surface area contributed by atoms with E-state index in [1.807, 2.05) is 0 Å². The second-order valence-electron chi connectivity index (χ2n) is 3.26. The van der Waals surface area contributed by atoms with Crippen LogP contribution in [-0.4, -0.2) is 38.2 Å². The van der Waals surface area contributed by atoms with E-state index in [0.29, 0.717) is 18.5 Å². The summed E-state index contributed by atoms with van der Waals surface area (Å²) in [7, 11) is 0. The van der Waals surface area contributed by atoms with Gasteiger partial charge in [0.25, 0.3) is 6.43 Å². The van der Waals surface area contributed by atoms with Crippen LogP contribution in [0.15, 0.2) is 4.99 Å². The molecule has 4 N–H and O–H groups in total. The van der Waals surface area contributed by atoms with E-state index in [1.165, 1.54) is 0 Å². The summed E-state index contributed by atoms with van der Waals surface area (Å²) in [6.07, 6.45) is -0.198. The summed E-state index contributed by atoms with van der Waals surface area (Å²) in [4.78, 5) is 4.02. The maximum absolute atomic E-state index is 11.7. The molecular formula is C8H16F2N4O. The summed E-state index contributed by atoms with van der Waals surface area (Å²) >= 11 is 0. The van der Waals surface area contributed by atoms with Crippen molar-refractivity contribution in [3.8, 4) is 0 Å². The Balaban J connectivity index is 2.05. The Bertz CT molecular complexity index is 209. The number of aliphatic imine (C=N–C) groups is 1. The molecule has 0 aromatic heterocycles. The molecule has 0 bridgehead atoms. The van der Waals surface area contributed by atoms with Gasteiger partial charge in [-0.25, -0.2) is 19.6 Å². The lowest BCUT2D eigenvalue weighted by Crippen LogP contribution is -2.42. The van der Waals surface area contributed by atoms with Crippen molar-refractivity contribution >= 4 is 5.96 Å². The zero-order valence-electron chi connectivity index (χ0n) is 8.38. The highest BCUT2D eigenvalue weighted by molar-refractivity contribution is 5.79. The van der Waals surface area contributed by atoms with Crippen LogP contribution in [0.5, 0.6) is 0 Å². The fourth-order valence-electron chi connectivity index (χ4n) is 0.948. The van der Waals surface area contributed by atoms with Gasteiger partial charge in [0.1, 0.15) is 6.61 Å². The number of ether oxygens (including phenoxy) is 1. The van der Waals surface area contributed by atoms with Crippen LogP contribution in [0.25, 0.3) is 0 Å². The Morgan fingerprint density at radius 2 is 2.27 bits per heavy atom. The summed E-state index contributed by atoms with van der Waals surface area (Å²) in [5.41, 5.74) is 2.41. The summed E-state index contributed by atoms with van der Waals surface area (Å²) in [5, 5.41) is 3.05. The monoisotopic (exact) mass is 222 g/mol. The van der Waals surface area contributed by atoms with Crippen LogP contribution in [0, 0.1) is 0 Å². The van der Waals surface area contributed by atoms with Gasteiger partial charge in [-0.2, -0.15) is 0 Å². The number of hydrogen-bond donors (Lipinski definition) is 3. The number of hydrogen-bond acceptors (Lipinski definition) is 3. The Morgan fingerprint density at radius 1 is 1.53 bits per heavy atom. The molecule has 0 spiro atoms. The maximum atomic E-state index is 11.7. The summed E-state index contributed by atoms with van der Waals surface area (Å²) in [6.45, 7) is -0.0647. The topological polar surface area (TPSA) is 71.7 Å². The molecule has 0 amide bonds. The van der Waals surface area contributed by atoms with E-state index in [2.05, 4.69) is 20.5 Å². The Hall–Kier alpha value is -0.950. The molecule has 0 saturated heterocycles. The molecule has 0 aromatic rings. The molecule has 0 heterocycles. The number of nitrogens with zero attached hydrogens (tertiary/aromatic N) is 1. The lowest BCUT2D eigenvalue weighted by molar-refractivity contribution is 0.0207. The second-order valence-corrected chi connectivity index (χ2v) is 3.26. The highest BCUT2D eigenvalue weighted by atomic mass is 19.3. The van der Waals surface area contributed by atoms with Crippen LogP contribution in [0.4, 0.5) is 8.78 Å². The highest BCUT2D eigenvalue weighted by Gasteiger charge is 2.21. The quantitative estimate of drug-likeness (QED) is 0.192. The zero-order valence-corrected chi connectivity index (χ0v) is 8.38. The molecule has 0 atom stereocenters. The van der Waals surface area contributed by atoms with Crippen LogP contribution in [0.1, 0.15) is 12.8 Å². The van der Waals surface area contributed by atoms with E-state index >= 15 is 0 Å². The third-order valence-electron chi connectivity index (χ3n) is 1.80. The number of rotatable bonds is 6. The lowest BCUT2D eigenvalue weighted by Gasteiger charge is -2.07. The van der Waals surface area contributed by atoms with Gasteiger partial charge in [0, 0.05) is 6.04 Å². The minimum absolute atomic E-state index is 0.169. The van der Waals surface area contributed by atoms with Gasteiger partial charge < -0.3 is 10.1 Å². The standard InChI is InChI=1S/C8H16F2N4O/c9-7(10)5-15-4-3-12-8(14-11)13-6-1-2-6/h6-7H,1-5,11H2,(H2,12,13,14). The first-order chi connectivity index (χ1) is 7.22. The van der Waals surface area contributed by atoms with Gasteiger partial charge in [-0.3, -0.25) is 5.43 Å². The van der Waals surface area contributed by atoms with Crippen LogP contribution in [0.2, 0.25) is 0 Å². The minimum atomic E-state index is -2.43. The predicted octanol–water partition coefficient (Wildman–Crippen LogP) is -0.161. The average molecular weight is 222 g/mol. The van der Waals surface area contributed by atoms with Crippen molar-refractivity contribution < 1.29 is 13.5 Å². The van der Waals surface area contributed by atoms with Gasteiger partial charge in [-0.15, -0.1) is 0 Å². The molecular weight excluding hydrogens is 206 g/mol. The van der Waals surface area contributed by atoms with E-state index in [0.717, 1.165) is 12.8 Å². The molecule has 5 nitrogen and oxygen atoms in total. The first-order valence-corrected chi connectivity index (χ1v) is 4.86. The van der Waals surface area contributed by atoms with Crippen molar-refractivity contribution in [1.29, 1.82) is 0 Å². The fraction of sp³-hybridized carbons (Fsp3) is 0.875. The van der Waals surface area contributed by atoms with E-state index < -0.39 is 13.0 Å². The van der Waals surface area contributed by atoms with E-state index in [1.54, 1.807) is 0 Å². The van der Waals surface area contributed by atoms with E-state index in [-0.39, 0.29) is 6.61 Å². The van der Waals surface area contributed by atoms with E-state index in [4.69, 9.17) is 5.84 Å². The maximum Gasteiger partial charge on any atom is 0.261 e. The Kier molecular flexibility index (Phi) is 5.27. The van der Waals surface area contributed by atoms with Gasteiger partial charge in [0.2, 0.25) is 5.96 Å². The molecule has 7 heteroatoms. The summed E-state index contributed by atoms with van der Waals surface area (Å²) in [6, 6.07) is 0.446. The van der Waals surface area contributed by atoms with Crippen molar-refractivity contribution in [2.75, 3.05) is 19.8 Å². The largest absolute Gasteiger partial charge is 0.374 e. The minimum Gasteiger partial charge on any atom is -0.374 e. The van der Waals surface area contributed by atoms with Crippen molar-refractivity contribution in [3.63, 3.8) is 0 Å². The smallest absolute Gasteiger partial charge is 0.261 e. The number of guanidine groups is 1. The second kappa shape index (κ2) is 6.52. The van der Waals surface area contributed by atoms with Gasteiger partial charge >= 0.3 is 0 Å². The molecule has 1 saturated carbocycles. The molecule has 1 aliphatic carbocycles. The number of alkyl halides is 2. The zero-order chi connectivity index (χ0) is 11.1. The first kappa shape index (κ1) is 12.1. The Labute approximate surface area is 87.0 Å². The number of hydrazine groups is 1. The molecule has 1 rings (SSSR count). The van der Waals surface area contributed by atoms with Gasteiger partial charge in [0.05, 0.1) is 13.2 Å². The fourth-order valence-corrected chi connectivity index (χ4v) is 0.948. The van der Waals surface area contributed by atoms with Crippen LogP contribution in [-0.2, 0) is 4.74 Å². The number of halogens is 2. The van der Waals surface area contributed by atoms with Crippen LogP contribution >= 0.6 is 0 Å². The normalized spacial score (nSPS) is 16.9. The molecule has 1 aliphatic rings. The van der Waals surface area contributed by atoms with Crippen molar-refractivity contribution in [2.24, 2.45) is 10.8 Å². The third kappa shape index (κ3) is 6.19. The van der Waals surface area contributed by atoms with Gasteiger partial charge in [-0.1, -0.05) is 0 Å². The third-order valence-corrected chi connectivity index (χ3v) is 1.80. The van der Waals surface area contributed by atoms with Crippen molar-refractivity contribution in [3.05, 3.63) is 0 Å². The van der Waals surface area contributed by atoms with E-state index in [9.17, 15) is 8.78 Å². The first-order valence-electron chi connectivity index (χ1n) is 4.86. The molecule has 0 unspecified atom stereocenters. The number of nitrogens with two attached hydrogens (primary N) is 1. The van der Waals surface area contributed by atoms with Gasteiger partial charge in [-0.05, 0) is 12.8 Å². The number of nitrogens with one attached hydrogen (secondary N) is 2. The average Bonchev–Trinajstić information content (AvgIpc) is 2.99. The highest BCUT2D eigenvalue weighted by Crippen LogP contribution is 2.18. The molecule has 88 valence electrons. The van der Waals surface area contributed by atoms with Crippen LogP contribution in [0.3, 0.4) is 0 Å². The molecule has 15 heavy (non-hydrogen) atoms. The summed E-state index contributed by atoms with van der Waals surface area (Å²) in [5.74, 6) is 5.69. The summed E-state index contributed by atoms with van der Waals surface area (Å²) < 4.78 is 28.0. The van der Waals surface area contributed by atoms with Crippen molar-refractivity contribution in [2.45, 2.75) is 25.3 Å². The SMILES string of the molecule is NNC(=NCCOCC(F)F)NC1CC1. The lowest BCUT2D eigenvalue weighted by atomic mass is 10.6.